The van der Waals surface area contributed by atoms with E-state index < -0.39 is 0 Å². The van der Waals surface area contributed by atoms with Crippen LogP contribution in [0.5, 0.6) is 0 Å². The molecule has 0 N–H and O–H groups in total. The zero-order chi connectivity index (χ0) is 33.0. The molecule has 3 aromatic heterocycles. The maximum Gasteiger partial charge on any atom is 0.160 e. The van der Waals surface area contributed by atoms with Gasteiger partial charge in [0.05, 0.1) is 26.9 Å². The molecule has 0 spiro atoms. The highest BCUT2D eigenvalue weighted by Gasteiger charge is 2.21. The van der Waals surface area contributed by atoms with Crippen molar-refractivity contribution in [1.29, 1.82) is 0 Å². The molecule has 3 nitrogen and oxygen atoms in total. The van der Waals surface area contributed by atoms with Gasteiger partial charge in [-0.3, -0.25) is 0 Å². The Morgan fingerprint density at radius 1 is 0.440 bits per heavy atom. The second-order valence-electron chi connectivity index (χ2n) is 12.6. The van der Waals surface area contributed by atoms with Gasteiger partial charge in [-0.05, 0) is 58.7 Å². The molecule has 4 heteroatoms. The van der Waals surface area contributed by atoms with Crippen LogP contribution in [0.1, 0.15) is 0 Å². The van der Waals surface area contributed by atoms with E-state index in [2.05, 4.69) is 180 Å². The van der Waals surface area contributed by atoms with Gasteiger partial charge < -0.3 is 4.57 Å². The molecule has 7 aromatic carbocycles. The smallest absolute Gasteiger partial charge is 0.160 e. The van der Waals surface area contributed by atoms with Crippen molar-refractivity contribution in [1.82, 2.24) is 14.5 Å². The number of nitrogens with zero attached hydrogens (tertiary/aromatic N) is 3. The van der Waals surface area contributed by atoms with Crippen LogP contribution in [0.4, 0.5) is 0 Å². The van der Waals surface area contributed by atoms with Gasteiger partial charge in [0, 0.05) is 37.7 Å². The van der Waals surface area contributed by atoms with Gasteiger partial charge in [-0.15, -0.1) is 11.3 Å². The Bertz CT molecular complexity index is 2850. The summed E-state index contributed by atoms with van der Waals surface area (Å²) in [6.45, 7) is 0. The minimum absolute atomic E-state index is 0.727. The van der Waals surface area contributed by atoms with Crippen molar-refractivity contribution in [2.45, 2.75) is 0 Å². The van der Waals surface area contributed by atoms with Gasteiger partial charge in [0.2, 0.25) is 0 Å². The summed E-state index contributed by atoms with van der Waals surface area (Å²) in [5, 5.41) is 3.64. The van der Waals surface area contributed by atoms with Gasteiger partial charge in [-0.25, -0.2) is 9.97 Å². The van der Waals surface area contributed by atoms with Crippen LogP contribution in [0.2, 0.25) is 0 Å². The molecule has 0 aliphatic heterocycles. The second-order valence-corrected chi connectivity index (χ2v) is 13.6. The number of para-hydroxylation sites is 1. The van der Waals surface area contributed by atoms with Crippen LogP contribution < -0.4 is 0 Å². The van der Waals surface area contributed by atoms with E-state index in [9.17, 15) is 0 Å². The minimum atomic E-state index is 0.727. The van der Waals surface area contributed by atoms with Crippen molar-refractivity contribution in [3.8, 4) is 50.6 Å². The Hall–Kier alpha value is -6.36. The lowest BCUT2D eigenvalue weighted by atomic mass is 9.94. The second kappa shape index (κ2) is 11.7. The first-order valence-corrected chi connectivity index (χ1v) is 17.7. The standard InChI is InChI=1S/C46H29N3S/c1-4-15-30(16-5-1)35-24-13-26-38-41(35)42-36(25-14-27-39(42)49(38)34-21-8-3-9-22-34)32-19-12-20-33(29-32)46-47-43(31-17-6-2-7-18-31)45-44(48-46)37-23-10-11-28-40(37)50-45/h1-29H. The molecule has 0 atom stereocenters. The lowest BCUT2D eigenvalue weighted by Gasteiger charge is -2.11. The number of aromatic nitrogens is 3. The highest BCUT2D eigenvalue weighted by atomic mass is 32.1. The lowest BCUT2D eigenvalue weighted by Crippen LogP contribution is -1.94. The van der Waals surface area contributed by atoms with Crippen molar-refractivity contribution in [3.63, 3.8) is 0 Å². The van der Waals surface area contributed by atoms with E-state index >= 15 is 0 Å². The van der Waals surface area contributed by atoms with E-state index in [1.54, 1.807) is 11.3 Å². The molecular weight excluding hydrogens is 627 g/mol. The summed E-state index contributed by atoms with van der Waals surface area (Å²) < 4.78 is 4.73. The fourth-order valence-electron chi connectivity index (χ4n) is 7.40. The lowest BCUT2D eigenvalue weighted by molar-refractivity contribution is 1.18. The summed E-state index contributed by atoms with van der Waals surface area (Å²) in [7, 11) is 0. The molecule has 50 heavy (non-hydrogen) atoms. The zero-order valence-electron chi connectivity index (χ0n) is 27.0. The predicted octanol–water partition coefficient (Wildman–Crippen LogP) is 12.6. The van der Waals surface area contributed by atoms with Gasteiger partial charge in [0.25, 0.3) is 0 Å². The Balaban J connectivity index is 1.24. The molecular formula is C46H29N3S. The number of thiophene rings is 1. The summed E-state index contributed by atoms with van der Waals surface area (Å²) in [6, 6.07) is 62.5. The Morgan fingerprint density at radius 2 is 1.00 bits per heavy atom. The fourth-order valence-corrected chi connectivity index (χ4v) is 8.55. The summed E-state index contributed by atoms with van der Waals surface area (Å²) in [5.41, 5.74) is 12.3. The molecule has 0 bridgehead atoms. The number of hydrogen-bond acceptors (Lipinski definition) is 3. The largest absolute Gasteiger partial charge is 0.309 e. The molecule has 0 fully saturated rings. The Kier molecular flexibility index (Phi) is 6.68. The number of fused-ring (bicyclic) bond motifs is 6. The quantitative estimate of drug-likeness (QED) is 0.185. The van der Waals surface area contributed by atoms with Gasteiger partial charge in [0.1, 0.15) is 0 Å². The number of rotatable bonds is 5. The first-order valence-electron chi connectivity index (χ1n) is 16.8. The third-order valence-electron chi connectivity index (χ3n) is 9.61. The molecule has 0 radical (unpaired) electrons. The van der Waals surface area contributed by atoms with E-state index in [0.717, 1.165) is 49.5 Å². The molecule has 0 aliphatic carbocycles. The highest BCUT2D eigenvalue weighted by Crippen LogP contribution is 2.44. The molecule has 234 valence electrons. The van der Waals surface area contributed by atoms with Crippen LogP contribution >= 0.6 is 11.3 Å². The van der Waals surface area contributed by atoms with E-state index in [4.69, 9.17) is 9.97 Å². The van der Waals surface area contributed by atoms with Crippen LogP contribution in [0.25, 0.3) is 92.7 Å². The van der Waals surface area contributed by atoms with Crippen LogP contribution in [0.15, 0.2) is 176 Å². The normalized spacial score (nSPS) is 11.6. The fraction of sp³-hybridized carbons (Fsp3) is 0. The molecule has 0 aliphatic rings. The van der Waals surface area contributed by atoms with Gasteiger partial charge in [-0.2, -0.15) is 0 Å². The average Bonchev–Trinajstić information content (AvgIpc) is 3.75. The Labute approximate surface area is 293 Å². The van der Waals surface area contributed by atoms with Gasteiger partial charge >= 0.3 is 0 Å². The van der Waals surface area contributed by atoms with E-state index in [1.165, 1.54) is 43.2 Å². The van der Waals surface area contributed by atoms with Crippen LogP contribution in [-0.4, -0.2) is 14.5 Å². The van der Waals surface area contributed by atoms with Crippen molar-refractivity contribution >= 4 is 53.4 Å². The zero-order valence-corrected chi connectivity index (χ0v) is 27.8. The van der Waals surface area contributed by atoms with Crippen molar-refractivity contribution in [2.75, 3.05) is 0 Å². The molecule has 0 saturated heterocycles. The summed E-state index contributed by atoms with van der Waals surface area (Å²) in [6.07, 6.45) is 0. The monoisotopic (exact) mass is 655 g/mol. The summed E-state index contributed by atoms with van der Waals surface area (Å²) in [5.74, 6) is 0.727. The molecule has 10 aromatic rings. The first kappa shape index (κ1) is 28.6. The predicted molar refractivity (Wildman–Crippen MR) is 211 cm³/mol. The molecule has 10 rings (SSSR count). The number of benzene rings is 7. The SMILES string of the molecule is c1ccc(-c2nc(-c3cccc(-c4cccc5c4c4c(-c6ccccc6)cccc4n5-c4ccccc4)c3)nc3c2sc2ccccc23)cc1. The van der Waals surface area contributed by atoms with E-state index in [0.29, 0.717) is 0 Å². The summed E-state index contributed by atoms with van der Waals surface area (Å²) >= 11 is 1.76. The molecule has 0 unspecified atom stereocenters. The van der Waals surface area contributed by atoms with Crippen LogP contribution in [-0.2, 0) is 0 Å². The highest BCUT2D eigenvalue weighted by molar-refractivity contribution is 7.26. The minimum Gasteiger partial charge on any atom is -0.309 e. The molecule has 0 saturated carbocycles. The molecule has 3 heterocycles. The van der Waals surface area contributed by atoms with Gasteiger partial charge in [0.15, 0.2) is 5.82 Å². The number of hydrogen-bond donors (Lipinski definition) is 0. The third kappa shape index (κ3) is 4.57. The van der Waals surface area contributed by atoms with Gasteiger partial charge in [-0.1, -0.05) is 140 Å². The maximum absolute atomic E-state index is 5.28. The third-order valence-corrected chi connectivity index (χ3v) is 10.8. The Morgan fingerprint density at radius 3 is 1.72 bits per heavy atom. The van der Waals surface area contributed by atoms with Crippen molar-refractivity contribution in [3.05, 3.63) is 176 Å². The van der Waals surface area contributed by atoms with Crippen LogP contribution in [0, 0.1) is 0 Å². The van der Waals surface area contributed by atoms with Crippen molar-refractivity contribution < 1.29 is 0 Å². The average molecular weight is 656 g/mol. The summed E-state index contributed by atoms with van der Waals surface area (Å²) in [4.78, 5) is 10.5. The van der Waals surface area contributed by atoms with Crippen molar-refractivity contribution in [2.24, 2.45) is 0 Å². The first-order chi connectivity index (χ1) is 24.8. The maximum atomic E-state index is 5.28. The molecule has 0 amide bonds. The van der Waals surface area contributed by atoms with Crippen LogP contribution in [0.3, 0.4) is 0 Å². The van der Waals surface area contributed by atoms with E-state index in [-0.39, 0.29) is 0 Å². The van der Waals surface area contributed by atoms with E-state index in [1.807, 2.05) is 0 Å². The topological polar surface area (TPSA) is 30.7 Å².